The molecule has 1 aromatic rings. The van der Waals surface area contributed by atoms with Crippen LogP contribution in [0.5, 0.6) is 11.5 Å². The SMILES string of the molecule is COc1cc(NC2CCN(C(=O)CCC3CCNCC3)CC2)cc(OC)c1.Cl.Cl. The number of hydrogen-bond acceptors (Lipinski definition) is 5. The van der Waals surface area contributed by atoms with Gasteiger partial charge in [-0.25, -0.2) is 0 Å². The van der Waals surface area contributed by atoms with Crippen molar-refractivity contribution in [1.29, 1.82) is 0 Å². The van der Waals surface area contributed by atoms with Crippen molar-refractivity contribution >= 4 is 36.4 Å². The monoisotopic (exact) mass is 447 g/mol. The van der Waals surface area contributed by atoms with Crippen LogP contribution in [0.15, 0.2) is 18.2 Å². The number of benzene rings is 1. The number of nitrogens with zero attached hydrogens (tertiary/aromatic N) is 1. The molecule has 0 atom stereocenters. The third-order valence-electron chi connectivity index (χ3n) is 5.80. The highest BCUT2D eigenvalue weighted by Crippen LogP contribution is 2.27. The number of hydrogen-bond donors (Lipinski definition) is 2. The number of carbonyl (C=O) groups is 1. The van der Waals surface area contributed by atoms with E-state index in [0.29, 0.717) is 18.4 Å². The van der Waals surface area contributed by atoms with Crippen LogP contribution in [0, 0.1) is 5.92 Å². The van der Waals surface area contributed by atoms with Crippen molar-refractivity contribution in [2.45, 2.75) is 44.6 Å². The Kier molecular flexibility index (Phi) is 11.5. The van der Waals surface area contributed by atoms with E-state index >= 15 is 0 Å². The van der Waals surface area contributed by atoms with Gasteiger partial charge in [0.05, 0.1) is 14.2 Å². The molecule has 29 heavy (non-hydrogen) atoms. The molecule has 2 N–H and O–H groups in total. The summed E-state index contributed by atoms with van der Waals surface area (Å²) >= 11 is 0. The Morgan fingerprint density at radius 2 is 1.62 bits per heavy atom. The molecule has 0 unspecified atom stereocenters. The second-order valence-electron chi connectivity index (χ2n) is 7.63. The van der Waals surface area contributed by atoms with Crippen LogP contribution < -0.4 is 20.1 Å². The fraction of sp³-hybridized carbons (Fsp3) is 0.667. The van der Waals surface area contributed by atoms with Crippen LogP contribution in [0.4, 0.5) is 5.69 Å². The van der Waals surface area contributed by atoms with Crippen molar-refractivity contribution in [2.75, 3.05) is 45.7 Å². The van der Waals surface area contributed by atoms with Gasteiger partial charge in [0.15, 0.2) is 0 Å². The van der Waals surface area contributed by atoms with Crippen LogP contribution in [0.1, 0.15) is 38.5 Å². The van der Waals surface area contributed by atoms with E-state index in [2.05, 4.69) is 10.6 Å². The molecule has 2 aliphatic rings. The minimum absolute atomic E-state index is 0. The van der Waals surface area contributed by atoms with Gasteiger partial charge in [0.25, 0.3) is 0 Å². The maximum atomic E-state index is 12.5. The number of ether oxygens (including phenoxy) is 2. The van der Waals surface area contributed by atoms with Gasteiger partial charge in [-0.05, 0) is 51.1 Å². The second kappa shape index (κ2) is 13.0. The number of piperidine rings is 2. The highest BCUT2D eigenvalue weighted by molar-refractivity contribution is 5.85. The Bertz CT molecular complexity index is 597. The molecule has 0 bridgehead atoms. The number of anilines is 1. The first-order valence-corrected chi connectivity index (χ1v) is 10.2. The number of methoxy groups -OCH3 is 2. The lowest BCUT2D eigenvalue weighted by molar-refractivity contribution is -0.132. The number of halogens is 2. The molecule has 2 fully saturated rings. The van der Waals surface area contributed by atoms with Crippen LogP contribution in [0.2, 0.25) is 0 Å². The summed E-state index contributed by atoms with van der Waals surface area (Å²) in [5.74, 6) is 2.61. The molecule has 1 amide bonds. The second-order valence-corrected chi connectivity index (χ2v) is 7.63. The predicted molar refractivity (Wildman–Crippen MR) is 122 cm³/mol. The summed E-state index contributed by atoms with van der Waals surface area (Å²) in [6.45, 7) is 3.88. The van der Waals surface area contributed by atoms with Crippen molar-refractivity contribution in [3.05, 3.63) is 18.2 Å². The van der Waals surface area contributed by atoms with E-state index < -0.39 is 0 Å². The molecule has 0 aromatic heterocycles. The number of nitrogens with one attached hydrogen (secondary N) is 2. The highest BCUT2D eigenvalue weighted by Gasteiger charge is 2.24. The van der Waals surface area contributed by atoms with E-state index in [9.17, 15) is 4.79 Å². The average Bonchev–Trinajstić information content (AvgIpc) is 2.73. The minimum atomic E-state index is 0. The molecule has 2 aliphatic heterocycles. The Morgan fingerprint density at radius 3 is 2.17 bits per heavy atom. The van der Waals surface area contributed by atoms with Crippen LogP contribution in [0.3, 0.4) is 0 Å². The maximum Gasteiger partial charge on any atom is 0.222 e. The molecule has 0 radical (unpaired) electrons. The van der Waals surface area contributed by atoms with E-state index in [1.165, 1.54) is 12.8 Å². The van der Waals surface area contributed by atoms with E-state index in [-0.39, 0.29) is 24.8 Å². The summed E-state index contributed by atoms with van der Waals surface area (Å²) in [6, 6.07) is 6.21. The van der Waals surface area contributed by atoms with Crippen molar-refractivity contribution in [2.24, 2.45) is 5.92 Å². The summed E-state index contributed by atoms with van der Waals surface area (Å²) in [4.78, 5) is 14.6. The Balaban J connectivity index is 0.00000210. The fourth-order valence-corrected chi connectivity index (χ4v) is 4.06. The largest absolute Gasteiger partial charge is 0.497 e. The van der Waals surface area contributed by atoms with Gasteiger partial charge in [0.2, 0.25) is 5.91 Å². The molecular weight excluding hydrogens is 413 g/mol. The van der Waals surface area contributed by atoms with Crippen molar-refractivity contribution < 1.29 is 14.3 Å². The predicted octanol–water partition coefficient (Wildman–Crippen LogP) is 3.73. The van der Waals surface area contributed by atoms with Crippen molar-refractivity contribution in [3.8, 4) is 11.5 Å². The molecule has 0 aliphatic carbocycles. The molecular formula is C21H35Cl2N3O3. The van der Waals surface area contributed by atoms with Crippen molar-refractivity contribution in [1.82, 2.24) is 10.2 Å². The summed E-state index contributed by atoms with van der Waals surface area (Å²) < 4.78 is 10.7. The lowest BCUT2D eigenvalue weighted by atomic mass is 9.93. The zero-order valence-electron chi connectivity index (χ0n) is 17.4. The topological polar surface area (TPSA) is 62.8 Å². The Morgan fingerprint density at radius 1 is 1.03 bits per heavy atom. The van der Waals surface area contributed by atoms with Gasteiger partial charge in [0, 0.05) is 49.4 Å². The number of amides is 1. The highest BCUT2D eigenvalue weighted by atomic mass is 35.5. The minimum Gasteiger partial charge on any atom is -0.497 e. The number of likely N-dealkylation sites (tertiary alicyclic amines) is 1. The standard InChI is InChI=1S/C21H33N3O3.2ClH/c1-26-19-13-18(14-20(15-19)27-2)23-17-7-11-24(12-8-17)21(25)4-3-16-5-9-22-10-6-16;;/h13-17,22-23H,3-12H2,1-2H3;2*1H. The van der Waals surface area contributed by atoms with Gasteiger partial charge >= 0.3 is 0 Å². The molecule has 2 heterocycles. The average molecular weight is 448 g/mol. The zero-order valence-corrected chi connectivity index (χ0v) is 19.1. The normalized spacial score (nSPS) is 17.7. The first-order valence-electron chi connectivity index (χ1n) is 10.2. The van der Waals surface area contributed by atoms with E-state index in [1.807, 2.05) is 23.1 Å². The van der Waals surface area contributed by atoms with Gasteiger partial charge in [-0.1, -0.05) is 0 Å². The molecule has 2 saturated heterocycles. The van der Waals surface area contributed by atoms with Gasteiger partial charge in [-0.2, -0.15) is 0 Å². The molecule has 0 saturated carbocycles. The third kappa shape index (κ3) is 7.76. The summed E-state index contributed by atoms with van der Waals surface area (Å²) in [7, 11) is 3.32. The fourth-order valence-electron chi connectivity index (χ4n) is 4.06. The molecule has 0 spiro atoms. The van der Waals surface area contributed by atoms with Gasteiger partial charge in [-0.3, -0.25) is 4.79 Å². The van der Waals surface area contributed by atoms with Gasteiger partial charge in [0.1, 0.15) is 11.5 Å². The lowest BCUT2D eigenvalue weighted by Crippen LogP contribution is -2.42. The molecule has 166 valence electrons. The quantitative estimate of drug-likeness (QED) is 0.666. The number of carbonyl (C=O) groups excluding carboxylic acids is 1. The van der Waals surface area contributed by atoms with Gasteiger partial charge < -0.3 is 25.0 Å². The maximum absolute atomic E-state index is 12.5. The van der Waals surface area contributed by atoms with Crippen LogP contribution in [-0.2, 0) is 4.79 Å². The molecule has 3 rings (SSSR count). The number of rotatable bonds is 7. The van der Waals surface area contributed by atoms with E-state index in [4.69, 9.17) is 9.47 Å². The Hall–Kier alpha value is -1.37. The zero-order chi connectivity index (χ0) is 19.1. The molecule has 1 aromatic carbocycles. The summed E-state index contributed by atoms with van der Waals surface area (Å²) in [6.07, 6.45) is 6.11. The Labute approximate surface area is 186 Å². The van der Waals surface area contributed by atoms with Crippen LogP contribution in [0.25, 0.3) is 0 Å². The van der Waals surface area contributed by atoms with E-state index in [1.54, 1.807) is 14.2 Å². The van der Waals surface area contributed by atoms with Crippen LogP contribution >= 0.6 is 24.8 Å². The molecule has 8 heteroatoms. The lowest BCUT2D eigenvalue weighted by Gasteiger charge is -2.33. The third-order valence-corrected chi connectivity index (χ3v) is 5.80. The first-order chi connectivity index (χ1) is 13.2. The van der Waals surface area contributed by atoms with E-state index in [0.717, 1.165) is 68.5 Å². The smallest absolute Gasteiger partial charge is 0.222 e. The van der Waals surface area contributed by atoms with Crippen LogP contribution in [-0.4, -0.2) is 57.2 Å². The molecule has 6 nitrogen and oxygen atoms in total. The van der Waals surface area contributed by atoms with Gasteiger partial charge in [-0.15, -0.1) is 24.8 Å². The first kappa shape index (κ1) is 25.7. The van der Waals surface area contributed by atoms with Crippen molar-refractivity contribution in [3.63, 3.8) is 0 Å². The summed E-state index contributed by atoms with van der Waals surface area (Å²) in [5.41, 5.74) is 1.00. The summed E-state index contributed by atoms with van der Waals surface area (Å²) in [5, 5.41) is 6.96.